The Labute approximate surface area is 131 Å². The lowest BCUT2D eigenvalue weighted by Crippen LogP contribution is -2.43. The van der Waals surface area contributed by atoms with Gasteiger partial charge in [-0.05, 0) is 65.5 Å². The summed E-state index contributed by atoms with van der Waals surface area (Å²) in [5.74, 6) is -0.509. The topological polar surface area (TPSA) is 57.6 Å². The van der Waals surface area contributed by atoms with Gasteiger partial charge < -0.3 is 10.0 Å². The largest absolute Gasteiger partial charge is 0.480 e. The van der Waals surface area contributed by atoms with E-state index in [2.05, 4.69) is 22.6 Å². The number of carbonyl (C=O) groups excluding carboxylic acids is 1. The van der Waals surface area contributed by atoms with Crippen molar-refractivity contribution in [1.82, 2.24) is 4.90 Å². The fourth-order valence-corrected chi connectivity index (χ4v) is 4.16. The zero-order valence-corrected chi connectivity index (χ0v) is 13.1. The number of halogens is 1. The number of rotatable bonds is 2. The molecule has 1 heterocycles. The van der Waals surface area contributed by atoms with Crippen LogP contribution in [0.5, 0.6) is 0 Å². The third kappa shape index (κ3) is 2.32. The van der Waals surface area contributed by atoms with Gasteiger partial charge in [0.05, 0.1) is 0 Å². The third-order valence-electron chi connectivity index (χ3n) is 4.48. The summed E-state index contributed by atoms with van der Waals surface area (Å²) < 4.78 is 0.986. The highest BCUT2D eigenvalue weighted by Gasteiger charge is 2.49. The summed E-state index contributed by atoms with van der Waals surface area (Å²) in [6.07, 6.45) is 3.06. The monoisotopic (exact) mass is 385 g/mol. The van der Waals surface area contributed by atoms with Crippen LogP contribution in [0.25, 0.3) is 0 Å². The number of likely N-dealkylation sites (tertiary alicyclic amines) is 1. The number of fused-ring (bicyclic) bond motifs is 1. The summed E-state index contributed by atoms with van der Waals surface area (Å²) in [7, 11) is 0. The first kappa shape index (κ1) is 13.9. The molecule has 2 fully saturated rings. The van der Waals surface area contributed by atoms with Gasteiger partial charge in [0.2, 0.25) is 0 Å². The van der Waals surface area contributed by atoms with Gasteiger partial charge in [-0.2, -0.15) is 0 Å². The van der Waals surface area contributed by atoms with Crippen LogP contribution in [-0.4, -0.2) is 34.5 Å². The number of carboxylic acids is 1. The Kier molecular flexibility index (Phi) is 3.70. The van der Waals surface area contributed by atoms with E-state index in [0.717, 1.165) is 22.8 Å². The maximum Gasteiger partial charge on any atom is 0.326 e. The number of hydrogen-bond acceptors (Lipinski definition) is 2. The quantitative estimate of drug-likeness (QED) is 0.797. The second-order valence-electron chi connectivity index (χ2n) is 5.61. The summed E-state index contributed by atoms with van der Waals surface area (Å²) in [4.78, 5) is 25.7. The van der Waals surface area contributed by atoms with Crippen LogP contribution < -0.4 is 0 Å². The fourth-order valence-electron chi connectivity index (χ4n) is 3.62. The van der Waals surface area contributed by atoms with E-state index in [-0.39, 0.29) is 11.8 Å². The van der Waals surface area contributed by atoms with Crippen LogP contribution in [0, 0.1) is 15.4 Å². The van der Waals surface area contributed by atoms with Crippen molar-refractivity contribution in [2.45, 2.75) is 25.3 Å². The van der Waals surface area contributed by atoms with Crippen LogP contribution in [0.4, 0.5) is 0 Å². The first-order valence-electron chi connectivity index (χ1n) is 6.87. The number of carbonyl (C=O) groups is 2. The molecule has 1 aliphatic carbocycles. The Morgan fingerprint density at radius 3 is 2.80 bits per heavy atom. The van der Waals surface area contributed by atoms with Crippen molar-refractivity contribution in [3.63, 3.8) is 0 Å². The highest BCUT2D eigenvalue weighted by atomic mass is 127. The molecule has 3 unspecified atom stereocenters. The van der Waals surface area contributed by atoms with E-state index in [9.17, 15) is 14.7 Å². The SMILES string of the molecule is O=C(O)C1C2CCCC2CN1C(=O)c1cccc(I)c1. The van der Waals surface area contributed by atoms with Crippen molar-refractivity contribution in [3.05, 3.63) is 33.4 Å². The molecule has 3 atom stereocenters. The number of hydrogen-bond donors (Lipinski definition) is 1. The maximum absolute atomic E-state index is 12.6. The van der Waals surface area contributed by atoms with Gasteiger partial charge in [-0.15, -0.1) is 0 Å². The minimum Gasteiger partial charge on any atom is -0.480 e. The number of benzene rings is 1. The molecule has 0 radical (unpaired) electrons. The van der Waals surface area contributed by atoms with Gasteiger partial charge in [0.25, 0.3) is 5.91 Å². The molecule has 1 aromatic rings. The zero-order chi connectivity index (χ0) is 14.3. The lowest BCUT2D eigenvalue weighted by Gasteiger charge is -2.24. The summed E-state index contributed by atoms with van der Waals surface area (Å²) in [5.41, 5.74) is 0.586. The number of nitrogens with zero attached hydrogens (tertiary/aromatic N) is 1. The van der Waals surface area contributed by atoms with Crippen molar-refractivity contribution < 1.29 is 14.7 Å². The van der Waals surface area contributed by atoms with Crippen LogP contribution in [0.3, 0.4) is 0 Å². The molecular formula is C15H16INO3. The minimum atomic E-state index is -0.863. The molecular weight excluding hydrogens is 369 g/mol. The summed E-state index contributed by atoms with van der Waals surface area (Å²) in [6, 6.07) is 6.69. The molecule has 1 saturated heterocycles. The summed E-state index contributed by atoms with van der Waals surface area (Å²) >= 11 is 2.16. The van der Waals surface area contributed by atoms with Gasteiger partial charge >= 0.3 is 5.97 Å². The van der Waals surface area contributed by atoms with Crippen molar-refractivity contribution in [2.75, 3.05) is 6.54 Å². The van der Waals surface area contributed by atoms with Gasteiger partial charge in [-0.3, -0.25) is 4.79 Å². The molecule has 1 N–H and O–H groups in total. The summed E-state index contributed by atoms with van der Waals surface area (Å²) in [5, 5.41) is 9.49. The number of carboxylic acid groups (broad SMARTS) is 1. The van der Waals surface area contributed by atoms with Gasteiger partial charge in [0, 0.05) is 15.7 Å². The van der Waals surface area contributed by atoms with Gasteiger partial charge in [-0.25, -0.2) is 4.79 Å². The van der Waals surface area contributed by atoms with Crippen LogP contribution >= 0.6 is 22.6 Å². The van der Waals surface area contributed by atoms with Gasteiger partial charge in [0.1, 0.15) is 6.04 Å². The van der Waals surface area contributed by atoms with E-state index >= 15 is 0 Å². The van der Waals surface area contributed by atoms with Crippen molar-refractivity contribution in [2.24, 2.45) is 11.8 Å². The lowest BCUT2D eigenvalue weighted by atomic mass is 9.94. The van der Waals surface area contributed by atoms with E-state index in [1.54, 1.807) is 11.0 Å². The standard InChI is InChI=1S/C15H16INO3/c16-11-5-1-3-9(7-11)14(18)17-8-10-4-2-6-12(10)13(17)15(19)20/h1,3,5,7,10,12-13H,2,4,6,8H2,(H,19,20). The molecule has 0 spiro atoms. The second-order valence-corrected chi connectivity index (χ2v) is 6.85. The molecule has 106 valence electrons. The molecule has 1 aliphatic heterocycles. The van der Waals surface area contributed by atoms with Gasteiger partial charge in [-0.1, -0.05) is 12.5 Å². The molecule has 2 aliphatic rings. The zero-order valence-electron chi connectivity index (χ0n) is 11.0. The summed E-state index contributed by atoms with van der Waals surface area (Å²) in [6.45, 7) is 0.589. The molecule has 0 bridgehead atoms. The first-order chi connectivity index (χ1) is 9.58. The van der Waals surface area contributed by atoms with E-state index in [4.69, 9.17) is 0 Å². The highest BCUT2D eigenvalue weighted by Crippen LogP contribution is 2.42. The molecule has 1 saturated carbocycles. The Morgan fingerprint density at radius 2 is 2.10 bits per heavy atom. The molecule has 4 nitrogen and oxygen atoms in total. The first-order valence-corrected chi connectivity index (χ1v) is 7.95. The molecule has 20 heavy (non-hydrogen) atoms. The molecule has 0 aromatic heterocycles. The molecule has 5 heteroatoms. The smallest absolute Gasteiger partial charge is 0.326 e. The normalized spacial score (nSPS) is 28.4. The average Bonchev–Trinajstić information content (AvgIpc) is 2.96. The van der Waals surface area contributed by atoms with Crippen LogP contribution in [0.2, 0.25) is 0 Å². The minimum absolute atomic E-state index is 0.138. The lowest BCUT2D eigenvalue weighted by molar-refractivity contribution is -0.142. The van der Waals surface area contributed by atoms with Crippen LogP contribution in [0.1, 0.15) is 29.6 Å². The predicted molar refractivity (Wildman–Crippen MR) is 82.5 cm³/mol. The Morgan fingerprint density at radius 1 is 1.30 bits per heavy atom. The van der Waals surface area contributed by atoms with Gasteiger partial charge in [0.15, 0.2) is 0 Å². The second kappa shape index (κ2) is 5.35. The predicted octanol–water partition coefficient (Wildman–Crippen LogP) is 2.62. The van der Waals surface area contributed by atoms with Crippen molar-refractivity contribution >= 4 is 34.5 Å². The van der Waals surface area contributed by atoms with Crippen LogP contribution in [-0.2, 0) is 4.79 Å². The van der Waals surface area contributed by atoms with Crippen molar-refractivity contribution in [3.8, 4) is 0 Å². The highest BCUT2D eigenvalue weighted by molar-refractivity contribution is 14.1. The maximum atomic E-state index is 12.6. The third-order valence-corrected chi connectivity index (χ3v) is 5.15. The van der Waals surface area contributed by atoms with E-state index < -0.39 is 12.0 Å². The molecule has 3 rings (SSSR count). The van der Waals surface area contributed by atoms with Crippen molar-refractivity contribution in [1.29, 1.82) is 0 Å². The Hall–Kier alpha value is -1.11. The molecule has 1 aromatic carbocycles. The van der Waals surface area contributed by atoms with E-state index in [1.165, 1.54) is 0 Å². The van der Waals surface area contributed by atoms with E-state index in [1.807, 2.05) is 18.2 Å². The average molecular weight is 385 g/mol. The number of amides is 1. The fraction of sp³-hybridized carbons (Fsp3) is 0.467. The Balaban J connectivity index is 1.89. The van der Waals surface area contributed by atoms with Crippen LogP contribution in [0.15, 0.2) is 24.3 Å². The Bertz CT molecular complexity index is 560. The van der Waals surface area contributed by atoms with E-state index in [0.29, 0.717) is 18.0 Å². The molecule has 1 amide bonds. The number of aliphatic carboxylic acids is 1.